The molecule has 0 fully saturated rings. The quantitative estimate of drug-likeness (QED) is 0.751. The minimum absolute atomic E-state index is 0.451. The molecule has 0 aliphatic heterocycles. The van der Waals surface area contributed by atoms with Gasteiger partial charge in [0.15, 0.2) is 0 Å². The maximum atomic E-state index is 5.25. The Morgan fingerprint density at radius 2 is 1.70 bits per heavy atom. The monoisotopic (exact) mass is 278 g/mol. The summed E-state index contributed by atoms with van der Waals surface area (Å²) in [6.07, 6.45) is 0. The van der Waals surface area contributed by atoms with E-state index in [0.717, 1.165) is 26.2 Å². The van der Waals surface area contributed by atoms with Crippen molar-refractivity contribution in [3.8, 4) is 0 Å². The summed E-state index contributed by atoms with van der Waals surface area (Å²) in [4.78, 5) is 2.44. The smallest absolute Gasteiger partial charge is 0.0615 e. The van der Waals surface area contributed by atoms with Gasteiger partial charge in [0.1, 0.15) is 0 Å². The molecule has 0 saturated carbocycles. The molecule has 0 spiro atoms. The molecule has 3 heteroatoms. The van der Waals surface area contributed by atoms with Gasteiger partial charge in [0, 0.05) is 32.3 Å². The molecule has 1 atom stereocenters. The first-order valence-corrected chi connectivity index (χ1v) is 7.61. The van der Waals surface area contributed by atoms with E-state index in [9.17, 15) is 0 Å². The number of nitrogens with one attached hydrogen (secondary N) is 1. The Bertz CT molecular complexity index is 362. The van der Waals surface area contributed by atoms with Gasteiger partial charge in [-0.05, 0) is 24.6 Å². The predicted molar refractivity (Wildman–Crippen MR) is 85.8 cm³/mol. The van der Waals surface area contributed by atoms with Crippen molar-refractivity contribution in [3.63, 3.8) is 0 Å². The summed E-state index contributed by atoms with van der Waals surface area (Å²) < 4.78 is 5.25. The van der Waals surface area contributed by atoms with Gasteiger partial charge in [0.05, 0.1) is 6.61 Å². The fourth-order valence-corrected chi connectivity index (χ4v) is 2.24. The van der Waals surface area contributed by atoms with Gasteiger partial charge < -0.3 is 10.1 Å². The van der Waals surface area contributed by atoms with Crippen molar-refractivity contribution in [1.29, 1.82) is 0 Å². The summed E-state index contributed by atoms with van der Waals surface area (Å²) in [5.74, 6) is 0. The van der Waals surface area contributed by atoms with Crippen molar-refractivity contribution in [1.82, 2.24) is 10.2 Å². The van der Waals surface area contributed by atoms with Crippen LogP contribution in [0.25, 0.3) is 0 Å². The fraction of sp³-hybridized carbons (Fsp3) is 0.647. The zero-order valence-electron chi connectivity index (χ0n) is 13.6. The second kappa shape index (κ2) is 9.11. The molecule has 1 rings (SSSR count). The lowest BCUT2D eigenvalue weighted by Crippen LogP contribution is -2.35. The zero-order valence-corrected chi connectivity index (χ0v) is 13.6. The number of methoxy groups -OCH3 is 1. The van der Waals surface area contributed by atoms with Gasteiger partial charge in [-0.3, -0.25) is 4.90 Å². The molecule has 0 radical (unpaired) electrons. The molecule has 0 aliphatic rings. The zero-order chi connectivity index (χ0) is 15.0. The van der Waals surface area contributed by atoms with Crippen LogP contribution in [0, 0.1) is 0 Å². The van der Waals surface area contributed by atoms with Crippen molar-refractivity contribution < 1.29 is 4.74 Å². The molecule has 0 bridgehead atoms. The van der Waals surface area contributed by atoms with E-state index in [2.05, 4.69) is 62.2 Å². The van der Waals surface area contributed by atoms with Gasteiger partial charge in [0.25, 0.3) is 0 Å². The summed E-state index contributed by atoms with van der Waals surface area (Å²) in [6, 6.07) is 9.89. The molecule has 0 aromatic heterocycles. The van der Waals surface area contributed by atoms with Crippen LogP contribution in [-0.4, -0.2) is 37.2 Å². The standard InChI is InChI=1S/C17H30N2O/c1-6-19(15(4)13-20-5)12-17-9-7-16(8-10-17)11-18-14(2)3/h7-10,14-15,18H,6,11-13H2,1-5H3. The SMILES string of the molecule is CCN(Cc1ccc(CNC(C)C)cc1)C(C)COC. The van der Waals surface area contributed by atoms with Crippen LogP contribution in [0.4, 0.5) is 0 Å². The second-order valence-corrected chi connectivity index (χ2v) is 5.72. The normalized spacial score (nSPS) is 13.2. The number of ether oxygens (including phenoxy) is 1. The summed E-state index contributed by atoms with van der Waals surface area (Å²) >= 11 is 0. The van der Waals surface area contributed by atoms with Crippen LogP contribution in [-0.2, 0) is 17.8 Å². The molecule has 0 amide bonds. The maximum Gasteiger partial charge on any atom is 0.0615 e. The largest absolute Gasteiger partial charge is 0.383 e. The second-order valence-electron chi connectivity index (χ2n) is 5.72. The molecular weight excluding hydrogens is 248 g/mol. The van der Waals surface area contributed by atoms with Crippen LogP contribution in [0.1, 0.15) is 38.8 Å². The van der Waals surface area contributed by atoms with E-state index >= 15 is 0 Å². The highest BCUT2D eigenvalue weighted by Crippen LogP contribution is 2.10. The van der Waals surface area contributed by atoms with Crippen LogP contribution in [0.2, 0.25) is 0 Å². The third-order valence-corrected chi connectivity index (χ3v) is 3.56. The maximum absolute atomic E-state index is 5.25. The van der Waals surface area contributed by atoms with E-state index in [-0.39, 0.29) is 0 Å². The van der Waals surface area contributed by atoms with Gasteiger partial charge >= 0.3 is 0 Å². The van der Waals surface area contributed by atoms with E-state index in [1.54, 1.807) is 7.11 Å². The number of nitrogens with zero attached hydrogens (tertiary/aromatic N) is 1. The Morgan fingerprint density at radius 3 is 2.20 bits per heavy atom. The van der Waals surface area contributed by atoms with Crippen LogP contribution in [0.3, 0.4) is 0 Å². The summed E-state index contributed by atoms with van der Waals surface area (Å²) in [5, 5.41) is 3.44. The number of hydrogen-bond acceptors (Lipinski definition) is 3. The molecule has 0 saturated heterocycles. The highest BCUT2D eigenvalue weighted by atomic mass is 16.5. The van der Waals surface area contributed by atoms with Crippen molar-refractivity contribution >= 4 is 0 Å². The minimum Gasteiger partial charge on any atom is -0.383 e. The van der Waals surface area contributed by atoms with Crippen molar-refractivity contribution in [2.24, 2.45) is 0 Å². The third kappa shape index (κ3) is 6.04. The molecule has 1 aromatic carbocycles. The topological polar surface area (TPSA) is 24.5 Å². The van der Waals surface area contributed by atoms with Crippen LogP contribution < -0.4 is 5.32 Å². The van der Waals surface area contributed by atoms with Gasteiger partial charge in [-0.2, -0.15) is 0 Å². The highest BCUT2D eigenvalue weighted by Gasteiger charge is 2.12. The number of likely N-dealkylation sites (N-methyl/N-ethyl adjacent to an activating group) is 1. The number of rotatable bonds is 9. The van der Waals surface area contributed by atoms with Gasteiger partial charge in [-0.1, -0.05) is 45.0 Å². The Balaban J connectivity index is 2.54. The lowest BCUT2D eigenvalue weighted by molar-refractivity contribution is 0.0982. The molecule has 3 nitrogen and oxygen atoms in total. The first kappa shape index (κ1) is 17.2. The summed E-state index contributed by atoms with van der Waals surface area (Å²) in [7, 11) is 1.76. The van der Waals surface area contributed by atoms with E-state index in [0.29, 0.717) is 12.1 Å². The first-order chi connectivity index (χ1) is 9.56. The summed E-state index contributed by atoms with van der Waals surface area (Å²) in [5.41, 5.74) is 2.71. The Hall–Kier alpha value is -0.900. The van der Waals surface area contributed by atoms with E-state index in [4.69, 9.17) is 4.74 Å². The number of hydrogen-bond donors (Lipinski definition) is 1. The van der Waals surface area contributed by atoms with E-state index < -0.39 is 0 Å². The van der Waals surface area contributed by atoms with Gasteiger partial charge in [-0.15, -0.1) is 0 Å². The number of benzene rings is 1. The highest BCUT2D eigenvalue weighted by molar-refractivity contribution is 5.22. The lowest BCUT2D eigenvalue weighted by atomic mass is 10.1. The third-order valence-electron chi connectivity index (χ3n) is 3.56. The molecule has 0 aliphatic carbocycles. The average molecular weight is 278 g/mol. The van der Waals surface area contributed by atoms with Gasteiger partial charge in [0.2, 0.25) is 0 Å². The lowest BCUT2D eigenvalue weighted by Gasteiger charge is -2.27. The van der Waals surface area contributed by atoms with Crippen molar-refractivity contribution in [2.45, 2.75) is 52.9 Å². The predicted octanol–water partition coefficient (Wildman–Crippen LogP) is 3.04. The van der Waals surface area contributed by atoms with Gasteiger partial charge in [-0.25, -0.2) is 0 Å². The van der Waals surface area contributed by atoms with Crippen LogP contribution >= 0.6 is 0 Å². The average Bonchev–Trinajstić information content (AvgIpc) is 2.44. The van der Waals surface area contributed by atoms with E-state index in [1.807, 2.05) is 0 Å². The Morgan fingerprint density at radius 1 is 1.10 bits per heavy atom. The molecule has 114 valence electrons. The minimum atomic E-state index is 0.451. The van der Waals surface area contributed by atoms with Crippen molar-refractivity contribution in [3.05, 3.63) is 35.4 Å². The molecular formula is C17H30N2O. The van der Waals surface area contributed by atoms with E-state index in [1.165, 1.54) is 11.1 Å². The molecule has 20 heavy (non-hydrogen) atoms. The Labute approximate surface area is 124 Å². The van der Waals surface area contributed by atoms with Crippen molar-refractivity contribution in [2.75, 3.05) is 20.3 Å². The van der Waals surface area contributed by atoms with Crippen LogP contribution in [0.15, 0.2) is 24.3 Å². The molecule has 1 unspecified atom stereocenters. The van der Waals surface area contributed by atoms with Crippen LogP contribution in [0.5, 0.6) is 0 Å². The first-order valence-electron chi connectivity index (χ1n) is 7.61. The fourth-order valence-electron chi connectivity index (χ4n) is 2.24. The molecule has 1 N–H and O–H groups in total. The molecule has 0 heterocycles. The molecule has 1 aromatic rings. The Kier molecular flexibility index (Phi) is 7.82. The summed E-state index contributed by atoms with van der Waals surface area (Å²) in [6.45, 7) is 12.5.